The van der Waals surface area contributed by atoms with Crippen molar-refractivity contribution in [3.05, 3.63) is 65.7 Å². The van der Waals surface area contributed by atoms with Crippen LogP contribution < -0.4 is 11.1 Å². The molecule has 2 aromatic rings. The molecule has 10 heteroatoms. The minimum absolute atomic E-state index is 0.104. The van der Waals surface area contributed by atoms with Crippen LogP contribution in [-0.2, 0) is 38.0 Å². The van der Waals surface area contributed by atoms with Crippen LogP contribution in [0.4, 0.5) is 0 Å². The SMILES string of the molecule is CN(CCc1ccccc1)N(CC=O)C(=O)[C@@H](CCS(C)=O)NC(=O)[C@@](C)(N)Cc1ccc(O)cc1. The molecule has 2 amide bonds. The molecule has 0 bridgehead atoms. The molecular weight excluding hydrogens is 480 g/mol. The highest BCUT2D eigenvalue weighted by molar-refractivity contribution is 7.84. The molecule has 1 unspecified atom stereocenters. The second-order valence-electron chi connectivity index (χ2n) is 9.06. The zero-order chi connectivity index (χ0) is 26.7. The van der Waals surface area contributed by atoms with Gasteiger partial charge in [0.05, 0.1) is 12.1 Å². The molecule has 9 nitrogen and oxygen atoms in total. The minimum Gasteiger partial charge on any atom is -0.508 e. The first-order valence-corrected chi connectivity index (χ1v) is 13.4. The molecule has 0 aliphatic heterocycles. The van der Waals surface area contributed by atoms with Crippen LogP contribution in [0, 0.1) is 0 Å². The standard InChI is InChI=1S/C26H36N4O5S/c1-26(27,19-21-9-11-22(32)12-10-21)25(34)28-23(14-18-36(3)35)24(33)30(16-17-31)29(2)15-13-20-7-5-4-6-8-20/h4-12,17,23,32H,13-16,18-19,27H2,1-3H3,(H,28,34)/t23-,26+,36?/m1/s1. The molecule has 4 N–H and O–H groups in total. The van der Waals surface area contributed by atoms with Crippen LogP contribution in [0.3, 0.4) is 0 Å². The fraction of sp³-hybridized carbons (Fsp3) is 0.423. The maximum Gasteiger partial charge on any atom is 0.259 e. The van der Waals surface area contributed by atoms with E-state index in [0.717, 1.165) is 11.1 Å². The van der Waals surface area contributed by atoms with Gasteiger partial charge in [0, 0.05) is 36.4 Å². The number of carbonyl (C=O) groups excluding carboxylic acids is 3. The molecule has 0 aromatic heterocycles. The monoisotopic (exact) mass is 516 g/mol. The normalized spacial score (nSPS) is 14.5. The first-order valence-electron chi connectivity index (χ1n) is 11.7. The van der Waals surface area contributed by atoms with Gasteiger partial charge in [0.15, 0.2) is 0 Å². The zero-order valence-corrected chi connectivity index (χ0v) is 21.9. The summed E-state index contributed by atoms with van der Waals surface area (Å²) in [7, 11) is 0.519. The molecule has 0 aliphatic rings. The third-order valence-corrected chi connectivity index (χ3v) is 6.62. The van der Waals surface area contributed by atoms with Crippen molar-refractivity contribution in [3.8, 4) is 5.75 Å². The predicted octanol–water partition coefficient (Wildman–Crippen LogP) is 1.02. The molecule has 0 spiro atoms. The largest absolute Gasteiger partial charge is 0.508 e. The van der Waals surface area contributed by atoms with Gasteiger partial charge in [-0.15, -0.1) is 0 Å². The Hall–Kier alpha value is -3.08. The molecule has 0 saturated heterocycles. The minimum atomic E-state index is -1.35. The molecule has 2 aromatic carbocycles. The Labute approximate surface area is 215 Å². The van der Waals surface area contributed by atoms with Crippen molar-refractivity contribution in [1.29, 1.82) is 0 Å². The van der Waals surface area contributed by atoms with Crippen molar-refractivity contribution in [1.82, 2.24) is 15.3 Å². The Morgan fingerprint density at radius 1 is 1.14 bits per heavy atom. The first kappa shape index (κ1) is 29.2. The van der Waals surface area contributed by atoms with E-state index in [1.807, 2.05) is 30.3 Å². The molecule has 36 heavy (non-hydrogen) atoms. The smallest absolute Gasteiger partial charge is 0.259 e. The molecule has 3 atom stereocenters. The lowest BCUT2D eigenvalue weighted by Gasteiger charge is -2.34. The Bertz CT molecular complexity index is 1030. The van der Waals surface area contributed by atoms with Gasteiger partial charge < -0.3 is 21.0 Å². The van der Waals surface area contributed by atoms with E-state index < -0.39 is 34.2 Å². The van der Waals surface area contributed by atoms with Crippen LogP contribution in [0.25, 0.3) is 0 Å². The third kappa shape index (κ3) is 9.18. The predicted molar refractivity (Wildman–Crippen MR) is 140 cm³/mol. The Morgan fingerprint density at radius 2 is 1.78 bits per heavy atom. The number of amides is 2. The van der Waals surface area contributed by atoms with Crippen LogP contribution in [-0.4, -0.2) is 81.2 Å². The number of nitrogens with two attached hydrogens (primary N) is 1. The maximum atomic E-state index is 13.5. The van der Waals surface area contributed by atoms with Crippen molar-refractivity contribution >= 4 is 28.9 Å². The number of aromatic hydroxyl groups is 1. The van der Waals surface area contributed by atoms with Gasteiger partial charge in [0.2, 0.25) is 5.91 Å². The van der Waals surface area contributed by atoms with Crippen LogP contribution >= 0.6 is 0 Å². The molecule has 0 radical (unpaired) electrons. The van der Waals surface area contributed by atoms with E-state index in [9.17, 15) is 23.7 Å². The number of phenols is 1. The van der Waals surface area contributed by atoms with Gasteiger partial charge in [-0.05, 0) is 49.4 Å². The van der Waals surface area contributed by atoms with Crippen molar-refractivity contribution < 1.29 is 23.7 Å². The Balaban J connectivity index is 2.16. The van der Waals surface area contributed by atoms with E-state index in [-0.39, 0.29) is 30.9 Å². The molecule has 0 heterocycles. The number of likely N-dealkylation sites (N-methyl/N-ethyl adjacent to an activating group) is 1. The molecule has 196 valence electrons. The molecule has 0 fully saturated rings. The van der Waals surface area contributed by atoms with Crippen molar-refractivity contribution in [3.63, 3.8) is 0 Å². The van der Waals surface area contributed by atoms with Gasteiger partial charge in [0.1, 0.15) is 18.1 Å². The number of aldehydes is 1. The Kier molecular flexibility index (Phi) is 11.2. The van der Waals surface area contributed by atoms with Crippen LogP contribution in [0.5, 0.6) is 5.75 Å². The topological polar surface area (TPSA) is 133 Å². The number of benzene rings is 2. The summed E-state index contributed by atoms with van der Waals surface area (Å²) in [6, 6.07) is 15.1. The van der Waals surface area contributed by atoms with E-state index in [2.05, 4.69) is 5.32 Å². The van der Waals surface area contributed by atoms with Gasteiger partial charge in [-0.3, -0.25) is 18.8 Å². The first-order chi connectivity index (χ1) is 17.0. The van der Waals surface area contributed by atoms with Gasteiger partial charge >= 0.3 is 0 Å². The van der Waals surface area contributed by atoms with E-state index in [1.54, 1.807) is 31.1 Å². The lowest BCUT2D eigenvalue weighted by Crippen LogP contribution is -2.60. The maximum absolute atomic E-state index is 13.5. The summed E-state index contributed by atoms with van der Waals surface area (Å²) in [6.45, 7) is 1.85. The van der Waals surface area contributed by atoms with E-state index in [1.165, 1.54) is 23.4 Å². The fourth-order valence-corrected chi connectivity index (χ4v) is 4.25. The lowest BCUT2D eigenvalue weighted by molar-refractivity contribution is -0.152. The summed E-state index contributed by atoms with van der Waals surface area (Å²) in [5, 5.41) is 15.2. The average Bonchev–Trinajstić information content (AvgIpc) is 2.84. The van der Waals surface area contributed by atoms with Crippen molar-refractivity contribution in [2.24, 2.45) is 5.73 Å². The highest BCUT2D eigenvalue weighted by atomic mass is 32.2. The third-order valence-electron chi connectivity index (χ3n) is 5.80. The molecule has 0 saturated carbocycles. The number of nitrogens with one attached hydrogen (secondary N) is 1. The number of hydrogen-bond acceptors (Lipinski definition) is 7. The summed E-state index contributed by atoms with van der Waals surface area (Å²) >= 11 is 0. The van der Waals surface area contributed by atoms with Crippen molar-refractivity contribution in [2.45, 2.75) is 37.8 Å². The number of hydrogen-bond donors (Lipinski definition) is 3. The number of hydrazine groups is 1. The number of phenolic OH excluding ortho intramolecular Hbond substituents is 1. The number of carbonyl (C=O) groups is 3. The summed E-state index contributed by atoms with van der Waals surface area (Å²) in [6.07, 6.45) is 3.12. The fourth-order valence-electron chi connectivity index (χ4n) is 3.69. The summed E-state index contributed by atoms with van der Waals surface area (Å²) < 4.78 is 11.8. The van der Waals surface area contributed by atoms with Crippen LogP contribution in [0.15, 0.2) is 54.6 Å². The van der Waals surface area contributed by atoms with Crippen molar-refractivity contribution in [2.75, 3.05) is 32.1 Å². The lowest BCUT2D eigenvalue weighted by atomic mass is 9.92. The van der Waals surface area contributed by atoms with Crippen LogP contribution in [0.1, 0.15) is 24.5 Å². The van der Waals surface area contributed by atoms with Gasteiger partial charge in [0.25, 0.3) is 5.91 Å². The van der Waals surface area contributed by atoms with Gasteiger partial charge in [-0.2, -0.15) is 0 Å². The zero-order valence-electron chi connectivity index (χ0n) is 21.1. The highest BCUT2D eigenvalue weighted by Gasteiger charge is 2.34. The van der Waals surface area contributed by atoms with E-state index in [0.29, 0.717) is 19.3 Å². The van der Waals surface area contributed by atoms with Gasteiger partial charge in [-0.1, -0.05) is 42.5 Å². The molecule has 2 rings (SSSR count). The summed E-state index contributed by atoms with van der Waals surface area (Å²) in [5.41, 5.74) is 6.79. The number of rotatable bonds is 14. The second kappa shape index (κ2) is 13.9. The Morgan fingerprint density at radius 3 is 2.36 bits per heavy atom. The molecule has 0 aliphatic carbocycles. The van der Waals surface area contributed by atoms with E-state index in [4.69, 9.17) is 5.73 Å². The van der Waals surface area contributed by atoms with E-state index >= 15 is 0 Å². The quantitative estimate of drug-likeness (QED) is 0.252. The van der Waals surface area contributed by atoms with Crippen LogP contribution in [0.2, 0.25) is 0 Å². The average molecular weight is 517 g/mol. The second-order valence-corrected chi connectivity index (χ2v) is 10.6. The molecular formula is C26H36N4O5S. The number of nitrogens with zero attached hydrogens (tertiary/aromatic N) is 2. The summed E-state index contributed by atoms with van der Waals surface area (Å²) in [4.78, 5) is 38.0. The van der Waals surface area contributed by atoms with Gasteiger partial charge in [-0.25, -0.2) is 5.01 Å². The highest BCUT2D eigenvalue weighted by Crippen LogP contribution is 2.16. The summed E-state index contributed by atoms with van der Waals surface area (Å²) in [5.74, 6) is -0.726.